The smallest absolute Gasteiger partial charge is 0.302 e. The number of rotatable bonds is 14. The molecule has 0 saturated carbocycles. The van der Waals surface area contributed by atoms with Gasteiger partial charge in [-0.1, -0.05) is 29.8 Å². The van der Waals surface area contributed by atoms with Gasteiger partial charge in [0.25, 0.3) is 0 Å². The van der Waals surface area contributed by atoms with Crippen LogP contribution in [0.4, 0.5) is 0 Å². The molecular formula is C29H41ClO9. The predicted molar refractivity (Wildman–Crippen MR) is 146 cm³/mol. The lowest BCUT2D eigenvalue weighted by Gasteiger charge is -2.25. The molecule has 218 valence electrons. The van der Waals surface area contributed by atoms with Crippen molar-refractivity contribution < 1.29 is 43.1 Å². The van der Waals surface area contributed by atoms with Crippen LogP contribution in [0, 0.1) is 0 Å². The Morgan fingerprint density at radius 3 is 2.62 bits per heavy atom. The highest BCUT2D eigenvalue weighted by Crippen LogP contribution is 2.36. The van der Waals surface area contributed by atoms with Crippen LogP contribution in [0.5, 0.6) is 11.5 Å². The molecule has 1 unspecified atom stereocenters. The summed E-state index contributed by atoms with van der Waals surface area (Å²) in [4.78, 5) is 11.0. The predicted octanol–water partition coefficient (Wildman–Crippen LogP) is 4.67. The van der Waals surface area contributed by atoms with E-state index in [4.69, 9.17) is 44.8 Å². The third-order valence-electron chi connectivity index (χ3n) is 6.63. The first-order valence-electron chi connectivity index (χ1n) is 13.2. The molecule has 2 fully saturated rings. The van der Waals surface area contributed by atoms with Crippen LogP contribution in [0.25, 0.3) is 0 Å². The Hall–Kier alpha value is -2.14. The number of aliphatic hydroxyl groups excluding tert-OH is 1. The molecule has 1 aromatic rings. The second kappa shape index (κ2) is 15.0. The molecule has 0 radical (unpaired) electrons. The second-order valence-electron chi connectivity index (χ2n) is 10.1. The lowest BCUT2D eigenvalue weighted by atomic mass is 10.0. The third-order valence-corrected chi connectivity index (χ3v) is 6.98. The molecule has 2 saturated heterocycles. The molecule has 10 heteroatoms. The average molecular weight is 569 g/mol. The van der Waals surface area contributed by atoms with Gasteiger partial charge in [0, 0.05) is 18.4 Å². The number of methoxy groups -OCH3 is 2. The van der Waals surface area contributed by atoms with Crippen LogP contribution in [0.3, 0.4) is 0 Å². The van der Waals surface area contributed by atoms with Gasteiger partial charge >= 0.3 is 5.97 Å². The van der Waals surface area contributed by atoms with Crippen LogP contribution in [0.2, 0.25) is 0 Å². The summed E-state index contributed by atoms with van der Waals surface area (Å²) in [5, 5.41) is 10.1. The van der Waals surface area contributed by atoms with Gasteiger partial charge in [0.15, 0.2) is 17.3 Å². The number of carbonyl (C=O) groups excluding carboxylic acids is 1. The van der Waals surface area contributed by atoms with E-state index in [1.807, 2.05) is 44.2 Å². The fourth-order valence-electron chi connectivity index (χ4n) is 4.60. The van der Waals surface area contributed by atoms with E-state index >= 15 is 0 Å². The normalized spacial score (nSPS) is 25.1. The molecule has 2 aliphatic rings. The topological polar surface area (TPSA) is 102 Å². The summed E-state index contributed by atoms with van der Waals surface area (Å²) in [5.74, 6) is 0.267. The summed E-state index contributed by atoms with van der Waals surface area (Å²) < 4.78 is 40.4. The first-order chi connectivity index (χ1) is 18.6. The summed E-state index contributed by atoms with van der Waals surface area (Å²) in [6, 6.07) is 5.73. The lowest BCUT2D eigenvalue weighted by Crippen LogP contribution is -2.38. The highest BCUT2D eigenvalue weighted by atomic mass is 35.5. The van der Waals surface area contributed by atoms with Gasteiger partial charge in [-0.05, 0) is 56.4 Å². The minimum Gasteiger partial charge on any atom is -0.493 e. The number of carbonyl (C=O) groups is 1. The molecule has 39 heavy (non-hydrogen) atoms. The lowest BCUT2D eigenvalue weighted by molar-refractivity contribution is -0.164. The van der Waals surface area contributed by atoms with Crippen LogP contribution >= 0.6 is 11.6 Å². The summed E-state index contributed by atoms with van der Waals surface area (Å²) in [5.41, 5.74) is 1.60. The number of hydrogen-bond acceptors (Lipinski definition) is 9. The maximum absolute atomic E-state index is 11.0. The van der Waals surface area contributed by atoms with Gasteiger partial charge in [0.1, 0.15) is 18.8 Å². The molecule has 9 nitrogen and oxygen atoms in total. The summed E-state index contributed by atoms with van der Waals surface area (Å²) in [7, 11) is 3.22. The van der Waals surface area contributed by atoms with Gasteiger partial charge in [0.2, 0.25) is 0 Å². The average Bonchev–Trinajstić information content (AvgIpc) is 3.49. The van der Waals surface area contributed by atoms with Crippen molar-refractivity contribution in [2.24, 2.45) is 0 Å². The first-order valence-corrected chi connectivity index (χ1v) is 13.6. The van der Waals surface area contributed by atoms with Crippen molar-refractivity contribution in [2.75, 3.05) is 34.0 Å². The van der Waals surface area contributed by atoms with Crippen molar-refractivity contribution in [3.05, 3.63) is 46.5 Å². The Kier molecular flexibility index (Phi) is 12.1. The number of benzene rings is 1. The fraction of sp³-hybridized carbons (Fsp3) is 0.621. The first kappa shape index (κ1) is 31.4. The van der Waals surface area contributed by atoms with Gasteiger partial charge in [-0.15, -0.1) is 0 Å². The highest BCUT2D eigenvalue weighted by molar-refractivity contribution is 6.29. The Balaban J connectivity index is 1.58. The quantitative estimate of drug-likeness (QED) is 0.253. The number of aliphatic hydroxyl groups is 1. The molecule has 1 aromatic carbocycles. The van der Waals surface area contributed by atoms with E-state index in [0.717, 1.165) is 12.0 Å². The van der Waals surface area contributed by atoms with Crippen molar-refractivity contribution in [3.8, 4) is 11.5 Å². The number of hydrogen-bond donors (Lipinski definition) is 1. The largest absolute Gasteiger partial charge is 0.493 e. The number of esters is 1. The van der Waals surface area contributed by atoms with E-state index < -0.39 is 5.79 Å². The molecular weight excluding hydrogens is 528 g/mol. The number of allylic oxidation sites excluding steroid dienone is 3. The molecule has 3 rings (SSSR count). The van der Waals surface area contributed by atoms with Crippen LogP contribution in [-0.2, 0) is 35.1 Å². The van der Waals surface area contributed by atoms with Gasteiger partial charge in [-0.2, -0.15) is 0 Å². The zero-order valence-corrected chi connectivity index (χ0v) is 24.2. The van der Waals surface area contributed by atoms with Crippen LogP contribution < -0.4 is 9.47 Å². The van der Waals surface area contributed by atoms with Crippen LogP contribution in [0.15, 0.2) is 41.0 Å². The van der Waals surface area contributed by atoms with Crippen molar-refractivity contribution in [1.82, 2.24) is 0 Å². The molecule has 2 heterocycles. The SMILES string of the molecule is COc1ccc(CO[C@@H]2CC(CC/C(Cl)=C\C/C=C(\CO)COC(C)=O)O[C@@H]2[C@H]2COC(C)(C)O2)cc1OC. The Labute approximate surface area is 235 Å². The summed E-state index contributed by atoms with van der Waals surface area (Å²) in [6.07, 6.45) is 5.58. The Bertz CT molecular complexity index is 1010. The molecule has 4 atom stereocenters. The molecule has 2 aliphatic heterocycles. The maximum atomic E-state index is 11.0. The molecule has 1 N–H and O–H groups in total. The van der Waals surface area contributed by atoms with E-state index in [-0.39, 0.29) is 43.6 Å². The van der Waals surface area contributed by atoms with Crippen molar-refractivity contribution in [2.45, 2.75) is 83.3 Å². The van der Waals surface area contributed by atoms with Crippen molar-refractivity contribution in [3.63, 3.8) is 0 Å². The number of halogens is 1. The number of ether oxygens (including phenoxy) is 7. The standard InChI is InChI=1S/C29H41ClO9/c1-19(32)35-17-21(15-31)7-6-8-22(30)10-11-23-14-26(28(38-23)27-18-37-29(2,3)39-27)36-16-20-9-12-24(33-4)25(13-20)34-5/h7-9,12-13,23,26-28,31H,6,10-11,14-18H2,1-5H3/b21-7+,22-8+/t23?,26-,27-,28+/m1/s1. The van der Waals surface area contributed by atoms with Crippen molar-refractivity contribution >= 4 is 17.6 Å². The third kappa shape index (κ3) is 9.77. The van der Waals surface area contributed by atoms with E-state index in [9.17, 15) is 9.90 Å². The second-order valence-corrected chi connectivity index (χ2v) is 10.6. The van der Waals surface area contributed by atoms with Crippen LogP contribution in [-0.4, -0.2) is 75.3 Å². The Morgan fingerprint density at radius 1 is 1.21 bits per heavy atom. The van der Waals surface area contributed by atoms with E-state index in [0.29, 0.717) is 54.6 Å². The van der Waals surface area contributed by atoms with E-state index in [2.05, 4.69) is 0 Å². The van der Waals surface area contributed by atoms with Crippen LogP contribution in [0.1, 0.15) is 52.0 Å². The summed E-state index contributed by atoms with van der Waals surface area (Å²) in [6.45, 7) is 5.85. The minimum atomic E-state index is -0.664. The fourth-order valence-corrected chi connectivity index (χ4v) is 4.80. The molecule has 0 aromatic heterocycles. The van der Waals surface area contributed by atoms with Crippen molar-refractivity contribution in [1.29, 1.82) is 0 Å². The molecule has 0 bridgehead atoms. The van der Waals surface area contributed by atoms with E-state index in [1.165, 1.54) is 6.92 Å². The molecule has 0 spiro atoms. The van der Waals surface area contributed by atoms with Gasteiger partial charge < -0.3 is 38.3 Å². The Morgan fingerprint density at radius 2 is 1.97 bits per heavy atom. The zero-order chi connectivity index (χ0) is 28.4. The molecule has 0 amide bonds. The zero-order valence-electron chi connectivity index (χ0n) is 23.4. The van der Waals surface area contributed by atoms with Gasteiger partial charge in [-0.3, -0.25) is 4.79 Å². The monoisotopic (exact) mass is 568 g/mol. The minimum absolute atomic E-state index is 0.0487. The molecule has 0 aliphatic carbocycles. The maximum Gasteiger partial charge on any atom is 0.302 e. The summed E-state index contributed by atoms with van der Waals surface area (Å²) >= 11 is 6.48. The van der Waals surface area contributed by atoms with E-state index in [1.54, 1.807) is 14.2 Å². The van der Waals surface area contributed by atoms with Gasteiger partial charge in [0.05, 0.1) is 46.2 Å². The van der Waals surface area contributed by atoms with Gasteiger partial charge in [-0.25, -0.2) is 0 Å². The highest BCUT2D eigenvalue weighted by Gasteiger charge is 2.46.